The molecule has 4 aromatic rings. The highest BCUT2D eigenvalue weighted by atomic mass is 32.2. The highest BCUT2D eigenvalue weighted by Crippen LogP contribution is 2.39. The summed E-state index contributed by atoms with van der Waals surface area (Å²) in [5.41, 5.74) is 3.72. The Morgan fingerprint density at radius 2 is 1.61 bits per heavy atom. The lowest BCUT2D eigenvalue weighted by molar-refractivity contribution is 0.324. The van der Waals surface area contributed by atoms with E-state index in [-0.39, 0.29) is 10.6 Å². The highest BCUT2D eigenvalue weighted by Gasteiger charge is 2.18. The monoisotopic (exact) mass is 467 g/mol. The standard InChI is InChI=1S/C25H25NO6S/c1-5-33(27,28)18-9-6-8-17(15-18)19-10-7-11-20-24(19)32-23(26-20)14-16-12-21(29-2)25(31-4)22(13-16)30-3/h6-13,15H,5,14H2,1-4H3. The van der Waals surface area contributed by atoms with Crippen LogP contribution < -0.4 is 14.2 Å². The fraction of sp³-hybridized carbons (Fsp3) is 0.240. The van der Waals surface area contributed by atoms with Crippen molar-refractivity contribution in [3.8, 4) is 28.4 Å². The Bertz CT molecular complexity index is 1380. The zero-order valence-corrected chi connectivity index (χ0v) is 19.7. The molecule has 4 rings (SSSR count). The maximum atomic E-state index is 12.3. The van der Waals surface area contributed by atoms with Gasteiger partial charge in [0, 0.05) is 12.0 Å². The van der Waals surface area contributed by atoms with Crippen molar-refractivity contribution in [2.75, 3.05) is 27.1 Å². The lowest BCUT2D eigenvalue weighted by atomic mass is 10.1. The molecule has 0 N–H and O–H groups in total. The second-order valence-corrected chi connectivity index (χ2v) is 9.68. The molecule has 8 heteroatoms. The van der Waals surface area contributed by atoms with E-state index in [1.807, 2.05) is 36.4 Å². The summed E-state index contributed by atoms with van der Waals surface area (Å²) in [6, 6.07) is 16.3. The summed E-state index contributed by atoms with van der Waals surface area (Å²) in [5.74, 6) is 2.19. The molecule has 0 aliphatic rings. The van der Waals surface area contributed by atoms with Gasteiger partial charge in [-0.25, -0.2) is 13.4 Å². The zero-order chi connectivity index (χ0) is 23.6. The van der Waals surface area contributed by atoms with E-state index >= 15 is 0 Å². The lowest BCUT2D eigenvalue weighted by Gasteiger charge is -2.13. The second kappa shape index (κ2) is 9.15. The first kappa shape index (κ1) is 22.7. The third-order valence-electron chi connectivity index (χ3n) is 5.42. The van der Waals surface area contributed by atoms with Crippen LogP contribution in [0.15, 0.2) is 63.9 Å². The molecule has 7 nitrogen and oxygen atoms in total. The highest BCUT2D eigenvalue weighted by molar-refractivity contribution is 7.91. The normalized spacial score (nSPS) is 11.5. The van der Waals surface area contributed by atoms with E-state index in [0.717, 1.165) is 16.7 Å². The molecule has 0 aliphatic carbocycles. The zero-order valence-electron chi connectivity index (χ0n) is 18.9. The van der Waals surface area contributed by atoms with E-state index in [9.17, 15) is 8.42 Å². The molecule has 0 bridgehead atoms. The first-order valence-corrected chi connectivity index (χ1v) is 12.1. The maximum absolute atomic E-state index is 12.3. The molecule has 0 aliphatic heterocycles. The molecule has 0 radical (unpaired) electrons. The van der Waals surface area contributed by atoms with Gasteiger partial charge in [-0.2, -0.15) is 0 Å². The van der Waals surface area contributed by atoms with Crippen LogP contribution in [0, 0.1) is 0 Å². The number of oxazole rings is 1. The number of hydrogen-bond acceptors (Lipinski definition) is 7. The topological polar surface area (TPSA) is 87.9 Å². The van der Waals surface area contributed by atoms with Crippen LogP contribution in [-0.4, -0.2) is 40.5 Å². The lowest BCUT2D eigenvalue weighted by Crippen LogP contribution is -2.03. The number of hydrogen-bond donors (Lipinski definition) is 0. The Morgan fingerprint density at radius 3 is 2.24 bits per heavy atom. The molecular formula is C25H25NO6S. The average Bonchev–Trinajstić information content (AvgIpc) is 3.25. The number of sulfone groups is 1. The summed E-state index contributed by atoms with van der Waals surface area (Å²) in [7, 11) is 1.38. The van der Waals surface area contributed by atoms with Gasteiger partial charge in [0.25, 0.3) is 0 Å². The van der Waals surface area contributed by atoms with Crippen LogP contribution in [0.2, 0.25) is 0 Å². The van der Waals surface area contributed by atoms with Gasteiger partial charge in [-0.1, -0.05) is 31.2 Å². The summed E-state index contributed by atoms with van der Waals surface area (Å²) >= 11 is 0. The van der Waals surface area contributed by atoms with Crippen molar-refractivity contribution in [3.05, 3.63) is 66.1 Å². The van der Waals surface area contributed by atoms with Gasteiger partial charge >= 0.3 is 0 Å². The van der Waals surface area contributed by atoms with Gasteiger partial charge in [0.15, 0.2) is 32.8 Å². The molecule has 0 spiro atoms. The molecule has 33 heavy (non-hydrogen) atoms. The van der Waals surface area contributed by atoms with Crippen molar-refractivity contribution in [1.29, 1.82) is 0 Å². The van der Waals surface area contributed by atoms with Gasteiger partial charge in [-0.05, 0) is 41.5 Å². The number of methoxy groups -OCH3 is 3. The summed E-state index contributed by atoms with van der Waals surface area (Å²) < 4.78 is 47.1. The van der Waals surface area contributed by atoms with E-state index < -0.39 is 9.84 Å². The number of para-hydroxylation sites is 1. The minimum Gasteiger partial charge on any atom is -0.493 e. The minimum absolute atomic E-state index is 0.0435. The third kappa shape index (κ3) is 4.39. The number of fused-ring (bicyclic) bond motifs is 1. The van der Waals surface area contributed by atoms with Crippen LogP contribution in [0.25, 0.3) is 22.2 Å². The smallest absolute Gasteiger partial charge is 0.203 e. The molecule has 172 valence electrons. The SMILES string of the molecule is CCS(=O)(=O)c1cccc(-c2cccc3nc(Cc4cc(OC)c(OC)c(OC)c4)oc23)c1. The average molecular weight is 468 g/mol. The largest absolute Gasteiger partial charge is 0.493 e. The van der Waals surface area contributed by atoms with Crippen LogP contribution in [0.5, 0.6) is 17.2 Å². The quantitative estimate of drug-likeness (QED) is 0.364. The summed E-state index contributed by atoms with van der Waals surface area (Å²) in [4.78, 5) is 4.93. The fourth-order valence-corrected chi connectivity index (χ4v) is 4.66. The maximum Gasteiger partial charge on any atom is 0.203 e. The van der Waals surface area contributed by atoms with Gasteiger partial charge in [-0.15, -0.1) is 0 Å². The van der Waals surface area contributed by atoms with E-state index in [4.69, 9.17) is 18.6 Å². The van der Waals surface area contributed by atoms with Crippen molar-refractivity contribution in [3.63, 3.8) is 0 Å². The fourth-order valence-electron chi connectivity index (χ4n) is 3.73. The predicted molar refractivity (Wildman–Crippen MR) is 126 cm³/mol. The number of rotatable bonds is 8. The Morgan fingerprint density at radius 1 is 0.909 bits per heavy atom. The number of aromatic nitrogens is 1. The Labute approximate surface area is 192 Å². The van der Waals surface area contributed by atoms with Gasteiger partial charge in [-0.3, -0.25) is 0 Å². The molecule has 0 saturated heterocycles. The third-order valence-corrected chi connectivity index (χ3v) is 7.16. The molecule has 1 heterocycles. The molecule has 0 fully saturated rings. The Balaban J connectivity index is 1.75. The minimum atomic E-state index is -3.32. The summed E-state index contributed by atoms with van der Waals surface area (Å²) in [6.45, 7) is 1.63. The molecule has 0 unspecified atom stereocenters. The first-order valence-electron chi connectivity index (χ1n) is 10.4. The van der Waals surface area contributed by atoms with Crippen LogP contribution >= 0.6 is 0 Å². The van der Waals surface area contributed by atoms with Crippen LogP contribution in [0.3, 0.4) is 0 Å². The molecule has 0 amide bonds. The van der Waals surface area contributed by atoms with E-state index in [2.05, 4.69) is 4.98 Å². The van der Waals surface area contributed by atoms with Gasteiger partial charge in [0.05, 0.1) is 32.0 Å². The Kier molecular flexibility index (Phi) is 6.29. The summed E-state index contributed by atoms with van der Waals surface area (Å²) in [6.07, 6.45) is 0.412. The van der Waals surface area contributed by atoms with Crippen molar-refractivity contribution >= 4 is 20.9 Å². The summed E-state index contributed by atoms with van der Waals surface area (Å²) in [5, 5.41) is 0. The number of nitrogens with zero attached hydrogens (tertiary/aromatic N) is 1. The predicted octanol–water partition coefficient (Wildman–Crippen LogP) is 4.91. The van der Waals surface area contributed by atoms with Gasteiger partial charge < -0.3 is 18.6 Å². The van der Waals surface area contributed by atoms with Crippen LogP contribution in [0.4, 0.5) is 0 Å². The van der Waals surface area contributed by atoms with Gasteiger partial charge in [0.1, 0.15) is 5.52 Å². The van der Waals surface area contributed by atoms with E-state index in [1.54, 1.807) is 46.5 Å². The van der Waals surface area contributed by atoms with Gasteiger partial charge in [0.2, 0.25) is 5.75 Å². The van der Waals surface area contributed by atoms with Crippen molar-refractivity contribution in [1.82, 2.24) is 4.98 Å². The van der Waals surface area contributed by atoms with E-state index in [0.29, 0.717) is 40.7 Å². The molecular weight excluding hydrogens is 442 g/mol. The second-order valence-electron chi connectivity index (χ2n) is 7.40. The van der Waals surface area contributed by atoms with Crippen molar-refractivity contribution < 1.29 is 27.0 Å². The number of ether oxygens (including phenoxy) is 3. The molecule has 3 aromatic carbocycles. The number of benzene rings is 3. The molecule has 0 saturated carbocycles. The van der Waals surface area contributed by atoms with Crippen molar-refractivity contribution in [2.45, 2.75) is 18.2 Å². The molecule has 0 atom stereocenters. The van der Waals surface area contributed by atoms with Crippen molar-refractivity contribution in [2.24, 2.45) is 0 Å². The Hall–Kier alpha value is -3.52. The van der Waals surface area contributed by atoms with E-state index in [1.165, 1.54) is 0 Å². The van der Waals surface area contributed by atoms with Crippen LogP contribution in [0.1, 0.15) is 18.4 Å². The molecule has 1 aromatic heterocycles. The van der Waals surface area contributed by atoms with Crippen LogP contribution in [-0.2, 0) is 16.3 Å². The first-order chi connectivity index (χ1) is 15.9.